The lowest BCUT2D eigenvalue weighted by atomic mass is 10.00. The van der Waals surface area contributed by atoms with Crippen LogP contribution in [0.1, 0.15) is 16.7 Å². The number of hydrogen-bond donors (Lipinski definition) is 2. The predicted octanol–water partition coefficient (Wildman–Crippen LogP) is 2.97. The molecule has 5 aromatic rings. The van der Waals surface area contributed by atoms with E-state index in [1.807, 2.05) is 6.07 Å². The number of aromatic nitrogens is 6. The van der Waals surface area contributed by atoms with E-state index in [-0.39, 0.29) is 41.0 Å². The van der Waals surface area contributed by atoms with E-state index in [2.05, 4.69) is 49.1 Å². The van der Waals surface area contributed by atoms with Gasteiger partial charge in [0, 0.05) is 57.3 Å². The first kappa shape index (κ1) is 31.4. The molecule has 1 saturated heterocycles. The number of fused-ring (bicyclic) bond motifs is 1. The normalized spacial score (nSPS) is 13.3. The molecule has 1 aromatic carbocycles. The minimum Gasteiger partial charge on any atom is -0.506 e. The summed E-state index contributed by atoms with van der Waals surface area (Å²) in [5.41, 5.74) is 2.55. The van der Waals surface area contributed by atoms with Crippen molar-refractivity contribution < 1.29 is 9.90 Å². The Bertz CT molecular complexity index is 2170. The molecule has 1 aliphatic rings. The summed E-state index contributed by atoms with van der Waals surface area (Å²) in [6.07, 6.45) is 7.97. The van der Waals surface area contributed by atoms with E-state index < -0.39 is 5.91 Å². The highest BCUT2D eigenvalue weighted by molar-refractivity contribution is 6.33. The number of carbonyl (C=O) groups excluding carboxylic acids is 1. The van der Waals surface area contributed by atoms with Crippen molar-refractivity contribution >= 4 is 40.0 Å². The molecule has 14 heteroatoms. The Kier molecular flexibility index (Phi) is 8.68. The summed E-state index contributed by atoms with van der Waals surface area (Å²) in [4.78, 5) is 40.7. The van der Waals surface area contributed by atoms with Crippen LogP contribution in [0.15, 0.2) is 54.1 Å². The van der Waals surface area contributed by atoms with Gasteiger partial charge in [-0.2, -0.15) is 10.4 Å². The van der Waals surface area contributed by atoms with Crippen LogP contribution in [0.25, 0.3) is 22.2 Å². The van der Waals surface area contributed by atoms with Crippen LogP contribution in [0.2, 0.25) is 5.02 Å². The van der Waals surface area contributed by atoms with Crippen LogP contribution in [0.4, 0.5) is 11.5 Å². The number of pyridine rings is 1. The fraction of sp³-hybridized carbons (Fsp3) is 0.273. The van der Waals surface area contributed by atoms with Crippen LogP contribution in [-0.4, -0.2) is 78.0 Å². The number of phenolic OH excluding ortho intramolecular Hbond substituents is 1. The second-order valence-corrected chi connectivity index (χ2v) is 11.8. The monoisotopic (exact) mass is 650 g/mol. The first-order valence-corrected chi connectivity index (χ1v) is 15.2. The number of nitriles is 1. The summed E-state index contributed by atoms with van der Waals surface area (Å²) in [5, 5.41) is 27.5. The third-order valence-electron chi connectivity index (χ3n) is 8.02. The highest BCUT2D eigenvalue weighted by Crippen LogP contribution is 2.33. The van der Waals surface area contributed by atoms with Gasteiger partial charge in [0.2, 0.25) is 5.91 Å². The summed E-state index contributed by atoms with van der Waals surface area (Å²) in [6.45, 7) is 4.97. The fourth-order valence-corrected chi connectivity index (χ4v) is 5.63. The van der Waals surface area contributed by atoms with Crippen LogP contribution in [0.3, 0.4) is 0 Å². The molecule has 238 valence electrons. The standard InChI is InChI=1S/C33H31ClN10O3/c1-21-11-23(12-24(14-35)31(21)46)25-18-44(32-30(25)33(47)43(20-37-32)6-4-5-22-15-38-41(3)17-22)19-29(45)39-27-13-28(36-16-26(27)34)42-9-7-40(2)8-10-42/h11-13,15-18,20,46H,6-10,19H2,1-3H3,(H,36,39,45). The number of halogens is 1. The molecule has 0 aliphatic carbocycles. The van der Waals surface area contributed by atoms with E-state index in [9.17, 15) is 20.0 Å². The molecular formula is C33H31ClN10O3. The molecule has 0 saturated carbocycles. The average molecular weight is 651 g/mol. The Morgan fingerprint density at radius 1 is 1.09 bits per heavy atom. The van der Waals surface area contributed by atoms with Crippen molar-refractivity contribution in [1.29, 1.82) is 5.26 Å². The van der Waals surface area contributed by atoms with Crippen LogP contribution in [0, 0.1) is 30.1 Å². The van der Waals surface area contributed by atoms with Gasteiger partial charge < -0.3 is 24.8 Å². The fourth-order valence-electron chi connectivity index (χ4n) is 5.48. The van der Waals surface area contributed by atoms with Crippen LogP contribution in [0.5, 0.6) is 5.75 Å². The zero-order valence-corrected chi connectivity index (χ0v) is 26.8. The highest BCUT2D eigenvalue weighted by atomic mass is 35.5. The number of amides is 1. The van der Waals surface area contributed by atoms with Gasteiger partial charge in [-0.1, -0.05) is 23.4 Å². The SMILES string of the molecule is Cc1cc(-c2cn(CC(=O)Nc3cc(N4CCN(C)CC4)ncc3Cl)c3ncn(CC#Cc4cnn(C)c4)c(=O)c23)cc(C#N)c1O. The Balaban J connectivity index is 1.35. The van der Waals surface area contributed by atoms with Crippen LogP contribution < -0.4 is 15.8 Å². The van der Waals surface area contributed by atoms with Gasteiger partial charge in [-0.25, -0.2) is 9.97 Å². The molecule has 1 aliphatic heterocycles. The van der Waals surface area contributed by atoms with Gasteiger partial charge in [0.25, 0.3) is 5.56 Å². The third-order valence-corrected chi connectivity index (χ3v) is 8.32. The Morgan fingerprint density at radius 2 is 1.87 bits per heavy atom. The minimum absolute atomic E-state index is 0.0636. The smallest absolute Gasteiger partial charge is 0.264 e. The Morgan fingerprint density at radius 3 is 2.60 bits per heavy atom. The number of aromatic hydroxyl groups is 1. The lowest BCUT2D eigenvalue weighted by Crippen LogP contribution is -2.44. The molecule has 1 amide bonds. The van der Waals surface area contributed by atoms with Gasteiger partial charge in [-0.3, -0.25) is 18.8 Å². The number of likely N-dealkylation sites (N-methyl/N-ethyl adjacent to an activating group) is 1. The predicted molar refractivity (Wildman–Crippen MR) is 178 cm³/mol. The second kappa shape index (κ2) is 13.0. The number of carbonyl (C=O) groups is 1. The zero-order valence-electron chi connectivity index (χ0n) is 26.0. The highest BCUT2D eigenvalue weighted by Gasteiger charge is 2.21. The van der Waals surface area contributed by atoms with E-state index in [1.165, 1.54) is 23.2 Å². The summed E-state index contributed by atoms with van der Waals surface area (Å²) >= 11 is 6.43. The molecule has 0 unspecified atom stereocenters. The van der Waals surface area contributed by atoms with Gasteiger partial charge in [-0.05, 0) is 37.2 Å². The molecule has 0 atom stereocenters. The molecule has 47 heavy (non-hydrogen) atoms. The summed E-state index contributed by atoms with van der Waals surface area (Å²) in [5.74, 6) is 6.16. The van der Waals surface area contributed by atoms with Gasteiger partial charge in [0.15, 0.2) is 0 Å². The number of nitrogens with one attached hydrogen (secondary N) is 1. The second-order valence-electron chi connectivity index (χ2n) is 11.4. The molecule has 1 fully saturated rings. The third kappa shape index (κ3) is 6.53. The number of piperazine rings is 1. The number of nitrogens with zero attached hydrogens (tertiary/aromatic N) is 9. The van der Waals surface area contributed by atoms with Crippen molar-refractivity contribution in [2.75, 3.05) is 43.4 Å². The first-order chi connectivity index (χ1) is 22.6. The lowest BCUT2D eigenvalue weighted by molar-refractivity contribution is -0.116. The molecule has 4 aromatic heterocycles. The van der Waals surface area contributed by atoms with E-state index >= 15 is 0 Å². The van der Waals surface area contributed by atoms with Crippen molar-refractivity contribution in [3.05, 3.63) is 81.4 Å². The van der Waals surface area contributed by atoms with Crippen molar-refractivity contribution in [1.82, 2.24) is 33.8 Å². The van der Waals surface area contributed by atoms with Crippen LogP contribution >= 0.6 is 11.6 Å². The molecule has 5 heterocycles. The maximum Gasteiger partial charge on any atom is 0.264 e. The van der Waals surface area contributed by atoms with Crippen LogP contribution in [-0.2, 0) is 24.9 Å². The number of hydrogen-bond acceptors (Lipinski definition) is 9. The Hall–Kier alpha value is -5.63. The molecule has 13 nitrogen and oxygen atoms in total. The van der Waals surface area contributed by atoms with Gasteiger partial charge in [-0.15, -0.1) is 0 Å². The summed E-state index contributed by atoms with van der Waals surface area (Å²) < 4.78 is 4.60. The van der Waals surface area contributed by atoms with Crippen molar-refractivity contribution in [3.8, 4) is 34.8 Å². The molecule has 0 bridgehead atoms. The van der Waals surface area contributed by atoms with E-state index in [1.54, 1.807) is 53.9 Å². The van der Waals surface area contributed by atoms with Gasteiger partial charge in [0.1, 0.15) is 36.2 Å². The summed E-state index contributed by atoms with van der Waals surface area (Å²) in [7, 11) is 3.86. The van der Waals surface area contributed by atoms with Crippen molar-refractivity contribution in [3.63, 3.8) is 0 Å². The quantitative estimate of drug-likeness (QED) is 0.264. The zero-order chi connectivity index (χ0) is 33.2. The van der Waals surface area contributed by atoms with E-state index in [4.69, 9.17) is 11.6 Å². The van der Waals surface area contributed by atoms with E-state index in [0.717, 1.165) is 32.0 Å². The average Bonchev–Trinajstić information content (AvgIpc) is 3.64. The molecule has 0 spiro atoms. The minimum atomic E-state index is -0.390. The maximum atomic E-state index is 13.9. The molecule has 6 rings (SSSR count). The maximum absolute atomic E-state index is 13.9. The van der Waals surface area contributed by atoms with Gasteiger partial charge in [0.05, 0.1) is 46.2 Å². The first-order valence-electron chi connectivity index (χ1n) is 14.8. The van der Waals surface area contributed by atoms with E-state index in [0.29, 0.717) is 33.0 Å². The number of phenols is 1. The number of aryl methyl sites for hydroxylation is 2. The number of benzene rings is 1. The molecule has 2 N–H and O–H groups in total. The van der Waals surface area contributed by atoms with Gasteiger partial charge >= 0.3 is 0 Å². The summed E-state index contributed by atoms with van der Waals surface area (Å²) in [6, 6.07) is 6.96. The van der Waals surface area contributed by atoms with Crippen molar-refractivity contribution in [2.24, 2.45) is 7.05 Å². The molecule has 0 radical (unpaired) electrons. The lowest BCUT2D eigenvalue weighted by Gasteiger charge is -2.33. The Labute approximate surface area is 275 Å². The number of anilines is 2. The topological polar surface area (TPSA) is 150 Å². The number of rotatable bonds is 6. The van der Waals surface area contributed by atoms with Crippen molar-refractivity contribution in [2.45, 2.75) is 20.0 Å². The molecular weight excluding hydrogens is 620 g/mol. The largest absolute Gasteiger partial charge is 0.506 e.